The normalized spacial score (nSPS) is 11.7. The lowest BCUT2D eigenvalue weighted by Crippen LogP contribution is -2.47. The van der Waals surface area contributed by atoms with Crippen molar-refractivity contribution in [3.05, 3.63) is 63.9 Å². The molecule has 27 heavy (non-hydrogen) atoms. The second kappa shape index (κ2) is 11.2. The van der Waals surface area contributed by atoms with Gasteiger partial charge in [-0.3, -0.25) is 14.6 Å². The van der Waals surface area contributed by atoms with Gasteiger partial charge in [0.25, 0.3) is 5.91 Å². The molecular formula is C19H21Cl2N3O2S. The third-order valence-corrected chi connectivity index (χ3v) is 5.01. The summed E-state index contributed by atoms with van der Waals surface area (Å²) in [7, 11) is 0. The van der Waals surface area contributed by atoms with Crippen LogP contribution in [0, 0.1) is 0 Å². The number of nitrogens with zero attached hydrogens (tertiary/aromatic N) is 1. The van der Waals surface area contributed by atoms with Crippen LogP contribution in [0.4, 0.5) is 0 Å². The van der Waals surface area contributed by atoms with Crippen molar-refractivity contribution >= 4 is 46.8 Å². The van der Waals surface area contributed by atoms with Gasteiger partial charge in [0.15, 0.2) is 0 Å². The minimum atomic E-state index is -0.638. The number of aromatic nitrogens is 1. The standard InChI is InChI=1S/C19H21Cl2N3O2S/c1-27-11-8-17(19(26)23-10-7-14-4-2-3-9-22-14)24-18(25)15-6-5-13(20)12-16(15)21/h2-6,9,12,17H,7-8,10-11H2,1H3,(H,23,26)(H,24,25). The van der Waals surface area contributed by atoms with E-state index in [4.69, 9.17) is 23.2 Å². The summed E-state index contributed by atoms with van der Waals surface area (Å²) in [6.45, 7) is 0.448. The van der Waals surface area contributed by atoms with Gasteiger partial charge >= 0.3 is 0 Å². The smallest absolute Gasteiger partial charge is 0.253 e. The summed E-state index contributed by atoms with van der Waals surface area (Å²) in [6, 6.07) is 9.65. The van der Waals surface area contributed by atoms with E-state index in [1.165, 1.54) is 6.07 Å². The molecule has 1 aromatic heterocycles. The number of carbonyl (C=O) groups is 2. The van der Waals surface area contributed by atoms with Crippen LogP contribution in [0.15, 0.2) is 42.6 Å². The maximum atomic E-state index is 12.5. The molecule has 0 spiro atoms. The van der Waals surface area contributed by atoms with Crippen molar-refractivity contribution in [3.63, 3.8) is 0 Å². The van der Waals surface area contributed by atoms with E-state index in [-0.39, 0.29) is 16.5 Å². The number of rotatable bonds is 9. The van der Waals surface area contributed by atoms with Gasteiger partial charge in [-0.15, -0.1) is 0 Å². The Labute approximate surface area is 173 Å². The first-order valence-electron chi connectivity index (χ1n) is 8.43. The van der Waals surface area contributed by atoms with E-state index in [1.807, 2.05) is 24.5 Å². The van der Waals surface area contributed by atoms with Crippen LogP contribution in [0.3, 0.4) is 0 Å². The Bertz CT molecular complexity index is 775. The molecule has 0 aliphatic carbocycles. The molecule has 8 heteroatoms. The van der Waals surface area contributed by atoms with Gasteiger partial charge in [0.05, 0.1) is 10.6 Å². The van der Waals surface area contributed by atoms with E-state index >= 15 is 0 Å². The molecule has 0 saturated carbocycles. The Morgan fingerprint density at radius 2 is 2.04 bits per heavy atom. The van der Waals surface area contributed by atoms with Crippen LogP contribution in [-0.4, -0.2) is 41.4 Å². The average molecular weight is 426 g/mol. The van der Waals surface area contributed by atoms with Crippen LogP contribution in [0.5, 0.6) is 0 Å². The molecule has 2 aromatic rings. The van der Waals surface area contributed by atoms with Crippen LogP contribution < -0.4 is 10.6 Å². The van der Waals surface area contributed by atoms with Crippen LogP contribution in [0.1, 0.15) is 22.5 Å². The molecule has 5 nitrogen and oxygen atoms in total. The molecule has 0 bridgehead atoms. The molecular weight excluding hydrogens is 405 g/mol. The van der Waals surface area contributed by atoms with E-state index < -0.39 is 11.9 Å². The predicted molar refractivity (Wildman–Crippen MR) is 112 cm³/mol. The lowest BCUT2D eigenvalue weighted by Gasteiger charge is -2.18. The van der Waals surface area contributed by atoms with Gasteiger partial charge in [-0.2, -0.15) is 11.8 Å². The minimum Gasteiger partial charge on any atom is -0.354 e. The summed E-state index contributed by atoms with van der Waals surface area (Å²) >= 11 is 13.6. The number of hydrogen-bond acceptors (Lipinski definition) is 4. The van der Waals surface area contributed by atoms with Crippen LogP contribution in [0.2, 0.25) is 10.0 Å². The van der Waals surface area contributed by atoms with Crippen molar-refractivity contribution in [2.75, 3.05) is 18.6 Å². The topological polar surface area (TPSA) is 71.1 Å². The molecule has 0 aliphatic rings. The summed E-state index contributed by atoms with van der Waals surface area (Å²) in [5.74, 6) is 0.119. The summed E-state index contributed by atoms with van der Waals surface area (Å²) in [6.07, 6.45) is 4.81. The molecule has 144 valence electrons. The van der Waals surface area contributed by atoms with E-state index in [0.717, 1.165) is 11.4 Å². The lowest BCUT2D eigenvalue weighted by atomic mass is 10.1. The van der Waals surface area contributed by atoms with Crippen molar-refractivity contribution in [3.8, 4) is 0 Å². The molecule has 2 rings (SSSR count). The number of benzene rings is 1. The highest BCUT2D eigenvalue weighted by Gasteiger charge is 2.22. The molecule has 1 atom stereocenters. The van der Waals surface area contributed by atoms with Crippen LogP contribution >= 0.6 is 35.0 Å². The molecule has 0 aliphatic heterocycles. The highest BCUT2D eigenvalue weighted by molar-refractivity contribution is 7.98. The quantitative estimate of drug-likeness (QED) is 0.643. The van der Waals surface area contributed by atoms with Gasteiger partial charge in [0.2, 0.25) is 5.91 Å². The van der Waals surface area contributed by atoms with E-state index in [2.05, 4.69) is 15.6 Å². The van der Waals surface area contributed by atoms with Gasteiger partial charge in [0.1, 0.15) is 6.04 Å². The second-order valence-electron chi connectivity index (χ2n) is 5.79. The Balaban J connectivity index is 1.96. The summed E-state index contributed by atoms with van der Waals surface area (Å²) in [4.78, 5) is 29.3. The van der Waals surface area contributed by atoms with Crippen molar-refractivity contribution < 1.29 is 9.59 Å². The number of hydrogen-bond donors (Lipinski definition) is 2. The molecule has 2 amide bonds. The highest BCUT2D eigenvalue weighted by atomic mass is 35.5. The Morgan fingerprint density at radius 3 is 2.70 bits per heavy atom. The third kappa shape index (κ3) is 7.05. The largest absolute Gasteiger partial charge is 0.354 e. The fraction of sp³-hybridized carbons (Fsp3) is 0.316. The molecule has 1 aromatic carbocycles. The number of carbonyl (C=O) groups excluding carboxylic acids is 2. The van der Waals surface area contributed by atoms with Gasteiger partial charge in [-0.05, 0) is 48.8 Å². The second-order valence-corrected chi connectivity index (χ2v) is 7.62. The first kappa shape index (κ1) is 21.5. The first-order valence-corrected chi connectivity index (χ1v) is 10.6. The zero-order chi connectivity index (χ0) is 19.6. The first-order chi connectivity index (χ1) is 13.0. The maximum absolute atomic E-state index is 12.5. The number of halogens is 2. The number of thioether (sulfide) groups is 1. The Hall–Kier alpha value is -1.76. The number of nitrogens with one attached hydrogen (secondary N) is 2. The Morgan fingerprint density at radius 1 is 1.22 bits per heavy atom. The van der Waals surface area contributed by atoms with Gasteiger partial charge in [-0.25, -0.2) is 0 Å². The van der Waals surface area contributed by atoms with E-state index in [9.17, 15) is 9.59 Å². The summed E-state index contributed by atoms with van der Waals surface area (Å²) in [5, 5.41) is 6.33. The van der Waals surface area contributed by atoms with E-state index in [0.29, 0.717) is 24.4 Å². The lowest BCUT2D eigenvalue weighted by molar-refractivity contribution is -0.122. The Kier molecular flexibility index (Phi) is 8.91. The molecule has 1 unspecified atom stereocenters. The van der Waals surface area contributed by atoms with Gasteiger partial charge in [0, 0.05) is 29.9 Å². The molecule has 0 fully saturated rings. The summed E-state index contributed by atoms with van der Waals surface area (Å²) in [5.41, 5.74) is 1.19. The average Bonchev–Trinajstić information content (AvgIpc) is 2.65. The van der Waals surface area contributed by atoms with E-state index in [1.54, 1.807) is 30.1 Å². The highest BCUT2D eigenvalue weighted by Crippen LogP contribution is 2.21. The van der Waals surface area contributed by atoms with Crippen molar-refractivity contribution in [2.45, 2.75) is 18.9 Å². The molecule has 0 radical (unpaired) electrons. The fourth-order valence-corrected chi connectivity index (χ4v) is 3.36. The van der Waals surface area contributed by atoms with Crippen LogP contribution in [-0.2, 0) is 11.2 Å². The molecule has 2 N–H and O–H groups in total. The number of pyridine rings is 1. The van der Waals surface area contributed by atoms with Crippen molar-refractivity contribution in [1.29, 1.82) is 0 Å². The van der Waals surface area contributed by atoms with Crippen molar-refractivity contribution in [2.24, 2.45) is 0 Å². The zero-order valence-corrected chi connectivity index (χ0v) is 17.2. The third-order valence-electron chi connectivity index (χ3n) is 3.81. The summed E-state index contributed by atoms with van der Waals surface area (Å²) < 4.78 is 0. The maximum Gasteiger partial charge on any atom is 0.253 e. The van der Waals surface area contributed by atoms with Gasteiger partial charge in [-0.1, -0.05) is 29.3 Å². The minimum absolute atomic E-state index is 0.224. The van der Waals surface area contributed by atoms with Crippen molar-refractivity contribution in [1.82, 2.24) is 15.6 Å². The SMILES string of the molecule is CSCCC(NC(=O)c1ccc(Cl)cc1Cl)C(=O)NCCc1ccccn1. The molecule has 1 heterocycles. The number of amides is 2. The monoisotopic (exact) mass is 425 g/mol. The molecule has 0 saturated heterocycles. The zero-order valence-electron chi connectivity index (χ0n) is 14.9. The fourth-order valence-electron chi connectivity index (χ4n) is 2.40. The predicted octanol–water partition coefficient (Wildman–Crippen LogP) is 3.60. The van der Waals surface area contributed by atoms with Crippen LogP contribution in [0.25, 0.3) is 0 Å². The van der Waals surface area contributed by atoms with Gasteiger partial charge < -0.3 is 10.6 Å².